The monoisotopic (exact) mass is 276 g/mol. The van der Waals surface area contributed by atoms with Crippen LogP contribution in [0.25, 0.3) is 0 Å². The largest absolute Gasteiger partial charge is 0.380 e. The highest BCUT2D eigenvalue weighted by atomic mass is 16.5. The van der Waals surface area contributed by atoms with Crippen LogP contribution in [0.1, 0.15) is 30.4 Å². The molecule has 4 heteroatoms. The molecule has 1 aliphatic carbocycles. The molecule has 1 unspecified atom stereocenters. The number of carbonyl (C=O) groups is 1. The third-order valence-corrected chi connectivity index (χ3v) is 3.74. The Labute approximate surface area is 120 Å². The van der Waals surface area contributed by atoms with Gasteiger partial charge in [0, 0.05) is 26.2 Å². The Morgan fingerprint density at radius 2 is 2.25 bits per heavy atom. The molecule has 0 heterocycles. The highest BCUT2D eigenvalue weighted by Crippen LogP contribution is 2.29. The van der Waals surface area contributed by atoms with Crippen LogP contribution in [0.3, 0.4) is 0 Å². The number of ether oxygens (including phenoxy) is 1. The Bertz CT molecular complexity index is 454. The lowest BCUT2D eigenvalue weighted by atomic mass is 10.1. The van der Waals surface area contributed by atoms with Crippen molar-refractivity contribution >= 4 is 5.91 Å². The number of rotatable bonds is 7. The maximum absolute atomic E-state index is 12.4. The molecule has 0 saturated heterocycles. The molecule has 2 rings (SSSR count). The van der Waals surface area contributed by atoms with E-state index in [2.05, 4.69) is 25.1 Å². The fourth-order valence-electron chi connectivity index (χ4n) is 2.39. The van der Waals surface area contributed by atoms with E-state index in [1.165, 1.54) is 11.1 Å². The Hall–Kier alpha value is -1.39. The molecule has 1 amide bonds. The summed E-state index contributed by atoms with van der Waals surface area (Å²) >= 11 is 0. The molecule has 1 fully saturated rings. The highest BCUT2D eigenvalue weighted by molar-refractivity contribution is 5.77. The molecule has 0 radical (unpaired) electrons. The third kappa shape index (κ3) is 4.05. The molecular weight excluding hydrogens is 252 g/mol. The summed E-state index contributed by atoms with van der Waals surface area (Å²) in [6.45, 7) is 3.14. The van der Waals surface area contributed by atoms with E-state index in [-0.39, 0.29) is 12.0 Å². The first-order valence-electron chi connectivity index (χ1n) is 7.22. The van der Waals surface area contributed by atoms with Gasteiger partial charge in [-0.05, 0) is 25.3 Å². The minimum atomic E-state index is -0.179. The summed E-state index contributed by atoms with van der Waals surface area (Å²) in [5.74, 6) is 0.145. The van der Waals surface area contributed by atoms with E-state index in [9.17, 15) is 4.79 Å². The van der Waals surface area contributed by atoms with Crippen LogP contribution in [0.4, 0.5) is 0 Å². The summed E-state index contributed by atoms with van der Waals surface area (Å²) in [5.41, 5.74) is 8.01. The van der Waals surface area contributed by atoms with Crippen molar-refractivity contribution in [2.24, 2.45) is 5.73 Å². The minimum Gasteiger partial charge on any atom is -0.380 e. The van der Waals surface area contributed by atoms with Crippen molar-refractivity contribution in [2.75, 3.05) is 13.7 Å². The van der Waals surface area contributed by atoms with Gasteiger partial charge in [0.05, 0.1) is 12.5 Å². The maximum atomic E-state index is 12.4. The van der Waals surface area contributed by atoms with Gasteiger partial charge in [-0.15, -0.1) is 0 Å². The first-order chi connectivity index (χ1) is 9.63. The van der Waals surface area contributed by atoms with E-state index < -0.39 is 0 Å². The Balaban J connectivity index is 2.01. The van der Waals surface area contributed by atoms with Crippen molar-refractivity contribution in [3.63, 3.8) is 0 Å². The van der Waals surface area contributed by atoms with E-state index in [1.807, 2.05) is 11.0 Å². The molecule has 0 aliphatic heterocycles. The Kier molecular flexibility index (Phi) is 5.15. The van der Waals surface area contributed by atoms with Gasteiger partial charge < -0.3 is 15.4 Å². The van der Waals surface area contributed by atoms with Crippen molar-refractivity contribution < 1.29 is 9.53 Å². The fraction of sp³-hybridized carbons (Fsp3) is 0.562. The topological polar surface area (TPSA) is 55.6 Å². The zero-order chi connectivity index (χ0) is 14.5. The number of aryl methyl sites for hydroxylation is 1. The molecule has 1 aliphatic rings. The molecule has 2 N–H and O–H groups in total. The van der Waals surface area contributed by atoms with Crippen LogP contribution in [0.2, 0.25) is 0 Å². The van der Waals surface area contributed by atoms with Crippen molar-refractivity contribution in [3.8, 4) is 0 Å². The van der Waals surface area contributed by atoms with Crippen LogP contribution < -0.4 is 5.73 Å². The summed E-state index contributed by atoms with van der Waals surface area (Å²) in [4.78, 5) is 14.4. The van der Waals surface area contributed by atoms with Crippen molar-refractivity contribution in [1.82, 2.24) is 4.90 Å². The standard InChI is InChI=1S/C16H24N2O2/c1-12-4-3-5-13(8-12)11-18(14-6-7-14)16(19)9-15(10-17)20-2/h3-5,8,14-15H,6-7,9-11,17H2,1-2H3. The first-order valence-corrected chi connectivity index (χ1v) is 7.22. The fourth-order valence-corrected chi connectivity index (χ4v) is 2.39. The minimum absolute atomic E-state index is 0.145. The highest BCUT2D eigenvalue weighted by Gasteiger charge is 2.33. The van der Waals surface area contributed by atoms with E-state index in [1.54, 1.807) is 7.11 Å². The summed E-state index contributed by atoms with van der Waals surface area (Å²) in [5, 5.41) is 0. The zero-order valence-corrected chi connectivity index (χ0v) is 12.3. The molecule has 1 atom stereocenters. The van der Waals surface area contributed by atoms with Gasteiger partial charge in [0.25, 0.3) is 0 Å². The van der Waals surface area contributed by atoms with Crippen molar-refractivity contribution in [3.05, 3.63) is 35.4 Å². The quantitative estimate of drug-likeness (QED) is 0.827. The van der Waals surface area contributed by atoms with Crippen LogP contribution in [-0.4, -0.2) is 36.6 Å². The number of hydrogen-bond donors (Lipinski definition) is 1. The average molecular weight is 276 g/mol. The van der Waals surface area contributed by atoms with Gasteiger partial charge in [-0.2, -0.15) is 0 Å². The Morgan fingerprint density at radius 3 is 2.80 bits per heavy atom. The van der Waals surface area contributed by atoms with Crippen molar-refractivity contribution in [2.45, 2.75) is 44.9 Å². The lowest BCUT2D eigenvalue weighted by Crippen LogP contribution is -2.37. The molecule has 4 nitrogen and oxygen atoms in total. The predicted molar refractivity (Wildman–Crippen MR) is 79.2 cm³/mol. The third-order valence-electron chi connectivity index (χ3n) is 3.74. The average Bonchev–Trinajstić information content (AvgIpc) is 3.26. The number of methoxy groups -OCH3 is 1. The maximum Gasteiger partial charge on any atom is 0.225 e. The van der Waals surface area contributed by atoms with Crippen LogP contribution in [-0.2, 0) is 16.1 Å². The van der Waals surface area contributed by atoms with Gasteiger partial charge in [0.1, 0.15) is 0 Å². The second-order valence-corrected chi connectivity index (χ2v) is 5.54. The molecule has 1 aromatic carbocycles. The molecule has 1 aromatic rings. The van der Waals surface area contributed by atoms with Gasteiger partial charge in [-0.25, -0.2) is 0 Å². The molecular formula is C16H24N2O2. The van der Waals surface area contributed by atoms with E-state index in [0.717, 1.165) is 12.8 Å². The lowest BCUT2D eigenvalue weighted by molar-refractivity contribution is -0.134. The van der Waals surface area contributed by atoms with Crippen LogP contribution in [0, 0.1) is 6.92 Å². The van der Waals surface area contributed by atoms with E-state index >= 15 is 0 Å². The lowest BCUT2D eigenvalue weighted by Gasteiger charge is -2.24. The van der Waals surface area contributed by atoms with Crippen LogP contribution in [0.5, 0.6) is 0 Å². The van der Waals surface area contributed by atoms with Crippen molar-refractivity contribution in [1.29, 1.82) is 0 Å². The van der Waals surface area contributed by atoms with Gasteiger partial charge >= 0.3 is 0 Å². The molecule has 110 valence electrons. The number of hydrogen-bond acceptors (Lipinski definition) is 3. The number of carbonyl (C=O) groups excluding carboxylic acids is 1. The summed E-state index contributed by atoms with van der Waals surface area (Å²) in [6, 6.07) is 8.73. The second kappa shape index (κ2) is 6.86. The molecule has 1 saturated carbocycles. The van der Waals surface area contributed by atoms with Gasteiger partial charge in [0.2, 0.25) is 5.91 Å². The smallest absolute Gasteiger partial charge is 0.225 e. The molecule has 0 spiro atoms. The van der Waals surface area contributed by atoms with E-state index in [4.69, 9.17) is 10.5 Å². The SMILES string of the molecule is COC(CN)CC(=O)N(Cc1cccc(C)c1)C1CC1. The molecule has 20 heavy (non-hydrogen) atoms. The number of amides is 1. The van der Waals surface area contributed by atoms with Crippen LogP contribution in [0.15, 0.2) is 24.3 Å². The van der Waals surface area contributed by atoms with Gasteiger partial charge in [0.15, 0.2) is 0 Å². The second-order valence-electron chi connectivity index (χ2n) is 5.54. The first kappa shape index (κ1) is 15.0. The summed E-state index contributed by atoms with van der Waals surface area (Å²) in [7, 11) is 1.60. The zero-order valence-electron chi connectivity index (χ0n) is 12.3. The predicted octanol–water partition coefficient (Wildman–Crippen LogP) is 1.85. The Morgan fingerprint density at radius 1 is 1.50 bits per heavy atom. The molecule has 0 aromatic heterocycles. The van der Waals surface area contributed by atoms with E-state index in [0.29, 0.717) is 25.6 Å². The van der Waals surface area contributed by atoms with Gasteiger partial charge in [-0.1, -0.05) is 29.8 Å². The number of nitrogens with two attached hydrogens (primary N) is 1. The van der Waals surface area contributed by atoms with Crippen LogP contribution >= 0.6 is 0 Å². The normalized spacial score (nSPS) is 15.9. The number of nitrogens with zero attached hydrogens (tertiary/aromatic N) is 1. The summed E-state index contributed by atoms with van der Waals surface area (Å²) in [6.07, 6.45) is 2.41. The number of benzene rings is 1. The summed E-state index contributed by atoms with van der Waals surface area (Å²) < 4.78 is 5.22. The molecule has 0 bridgehead atoms. The van der Waals surface area contributed by atoms with Gasteiger partial charge in [-0.3, -0.25) is 4.79 Å².